The van der Waals surface area contributed by atoms with Crippen LogP contribution in [0.2, 0.25) is 0 Å². The molecule has 14 nitrogen and oxygen atoms in total. The summed E-state index contributed by atoms with van der Waals surface area (Å²) in [6.07, 6.45) is -7.23. The molecule has 0 amide bonds. The van der Waals surface area contributed by atoms with Crippen molar-refractivity contribution in [1.82, 2.24) is 4.90 Å². The molecule has 4 saturated heterocycles. The molecule has 4 aliphatic heterocycles. The van der Waals surface area contributed by atoms with E-state index in [9.17, 15) is 24.6 Å². The first kappa shape index (κ1) is 42.0. The van der Waals surface area contributed by atoms with Gasteiger partial charge >= 0.3 is 11.9 Å². The SMILES string of the molecule is COC1CC(O[C@@H]2C(C)C(=O)O[C@H](C)[C@H](C)C(OC(C)=O)C(C)C(=O)[C@]3(CO3)C[C@H](C)[C@H](OC3OC(C)CC(N(C)C)[C@H]3O)[C@H]2C)OC(C)[C@@H]1O. The Hall–Kier alpha value is -1.75. The molecule has 4 fully saturated rings. The average Bonchev–Trinajstić information content (AvgIpc) is 3.85. The van der Waals surface area contributed by atoms with E-state index < -0.39 is 103 Å². The first-order valence-electron chi connectivity index (χ1n) is 18.5. The van der Waals surface area contributed by atoms with Crippen LogP contribution in [-0.2, 0) is 52.3 Å². The number of likely N-dealkylation sites (N-methyl/N-ethyl adjacent to an activating group) is 1. The van der Waals surface area contributed by atoms with E-state index in [1.807, 2.05) is 39.8 Å². The minimum absolute atomic E-state index is 0.195. The lowest BCUT2D eigenvalue weighted by Crippen LogP contribution is -2.57. The largest absolute Gasteiger partial charge is 0.462 e. The molecular formula is C37H63NO13. The fourth-order valence-electron chi connectivity index (χ4n) is 8.28. The van der Waals surface area contributed by atoms with Crippen LogP contribution in [0.15, 0.2) is 0 Å². The summed E-state index contributed by atoms with van der Waals surface area (Å²) < 4.78 is 49.0. The second-order valence-corrected chi connectivity index (χ2v) is 15.9. The van der Waals surface area contributed by atoms with Gasteiger partial charge in [-0.1, -0.05) is 27.7 Å². The molecule has 294 valence electrons. The normalized spacial score (nSPS) is 47.5. The number of carbonyl (C=O) groups is 3. The summed E-state index contributed by atoms with van der Waals surface area (Å²) in [7, 11) is 5.31. The van der Waals surface area contributed by atoms with Gasteiger partial charge in [-0.05, 0) is 60.5 Å². The molecule has 1 spiro atoms. The van der Waals surface area contributed by atoms with Gasteiger partial charge in [-0.3, -0.25) is 14.4 Å². The first-order valence-corrected chi connectivity index (χ1v) is 18.5. The van der Waals surface area contributed by atoms with Crippen molar-refractivity contribution in [3.63, 3.8) is 0 Å². The molecule has 0 bridgehead atoms. The number of Topliss-reactive ketones (excluding diaryl/α,β-unsaturated/α-hetero) is 1. The maximum atomic E-state index is 14.2. The molecular weight excluding hydrogens is 666 g/mol. The van der Waals surface area contributed by atoms with Gasteiger partial charge in [-0.15, -0.1) is 0 Å². The maximum absolute atomic E-state index is 14.2. The number of esters is 2. The third-order valence-electron chi connectivity index (χ3n) is 11.7. The van der Waals surface area contributed by atoms with E-state index >= 15 is 0 Å². The Bertz CT molecular complexity index is 1200. The Balaban J connectivity index is 1.78. The summed E-state index contributed by atoms with van der Waals surface area (Å²) in [5.41, 5.74) is -1.14. The van der Waals surface area contributed by atoms with E-state index in [-0.39, 0.29) is 43.3 Å². The third kappa shape index (κ3) is 9.50. The van der Waals surface area contributed by atoms with E-state index in [1.165, 1.54) is 14.0 Å². The van der Waals surface area contributed by atoms with E-state index in [0.29, 0.717) is 6.42 Å². The first-order chi connectivity index (χ1) is 23.8. The van der Waals surface area contributed by atoms with Crippen LogP contribution in [0, 0.1) is 29.6 Å². The average molecular weight is 730 g/mol. The highest BCUT2D eigenvalue weighted by Gasteiger charge is 2.58. The Morgan fingerprint density at radius 3 is 2.06 bits per heavy atom. The van der Waals surface area contributed by atoms with Crippen LogP contribution in [-0.4, -0.2) is 140 Å². The number of cyclic esters (lactones) is 1. The lowest BCUT2D eigenvalue weighted by atomic mass is 9.76. The minimum Gasteiger partial charge on any atom is -0.462 e. The summed E-state index contributed by atoms with van der Waals surface area (Å²) in [5, 5.41) is 22.1. The van der Waals surface area contributed by atoms with Crippen LogP contribution in [0.25, 0.3) is 0 Å². The number of ketones is 1. The van der Waals surface area contributed by atoms with E-state index in [0.717, 1.165) is 0 Å². The van der Waals surface area contributed by atoms with Crippen molar-refractivity contribution < 1.29 is 62.5 Å². The molecule has 9 unspecified atom stereocenters. The fraction of sp³-hybridized carbons (Fsp3) is 0.919. The van der Waals surface area contributed by atoms with Crippen LogP contribution in [0.1, 0.15) is 81.6 Å². The number of aliphatic hydroxyl groups is 2. The lowest BCUT2D eigenvalue weighted by Gasteiger charge is -2.46. The third-order valence-corrected chi connectivity index (χ3v) is 11.7. The van der Waals surface area contributed by atoms with Crippen molar-refractivity contribution >= 4 is 17.7 Å². The fourth-order valence-corrected chi connectivity index (χ4v) is 8.28. The molecule has 0 aromatic rings. The van der Waals surface area contributed by atoms with Gasteiger partial charge in [0.1, 0.15) is 24.4 Å². The molecule has 0 aliphatic carbocycles. The summed E-state index contributed by atoms with van der Waals surface area (Å²) in [4.78, 5) is 42.5. The molecule has 18 atom stereocenters. The molecule has 51 heavy (non-hydrogen) atoms. The van der Waals surface area contributed by atoms with Crippen LogP contribution in [0.4, 0.5) is 0 Å². The zero-order valence-electron chi connectivity index (χ0n) is 32.5. The van der Waals surface area contributed by atoms with Gasteiger partial charge in [0, 0.05) is 38.3 Å². The summed E-state index contributed by atoms with van der Waals surface area (Å²) in [5.74, 6) is -4.39. The van der Waals surface area contributed by atoms with E-state index in [2.05, 4.69) is 0 Å². The topological polar surface area (TPSA) is 172 Å². The number of carbonyl (C=O) groups excluding carboxylic acids is 3. The number of methoxy groups -OCH3 is 1. The zero-order valence-corrected chi connectivity index (χ0v) is 32.5. The quantitative estimate of drug-likeness (QED) is 0.289. The highest BCUT2D eigenvalue weighted by atomic mass is 16.7. The monoisotopic (exact) mass is 729 g/mol. The Labute approximate surface area is 303 Å². The minimum atomic E-state index is -1.14. The standard InChI is InChI=1S/C37H63NO13/c1-17-15-37(16-45-37)34(42)21(5)32(49-25(9)39)19(3)23(7)48-35(43)22(6)33(50-28-14-27(44-12)29(40)24(8)47-28)20(4)31(17)51-36-30(41)26(38(10)11)13-18(2)46-36/h17-24,26-33,36,40-41H,13-16H2,1-12H3/t17-,18?,19-,20+,21?,22?,23+,24?,26?,27?,28?,29-,30+,31-,32?,33-,36?,37+/m0/s1. The van der Waals surface area contributed by atoms with E-state index in [1.54, 1.807) is 34.6 Å². The van der Waals surface area contributed by atoms with Gasteiger partial charge in [0.15, 0.2) is 24.0 Å². The number of hydrogen-bond donors (Lipinski definition) is 2. The van der Waals surface area contributed by atoms with Gasteiger partial charge in [-0.2, -0.15) is 0 Å². The number of epoxide rings is 1. The molecule has 14 heteroatoms. The highest BCUT2D eigenvalue weighted by Crippen LogP contribution is 2.43. The van der Waals surface area contributed by atoms with Crippen molar-refractivity contribution in [2.45, 2.75) is 161 Å². The van der Waals surface area contributed by atoms with Gasteiger partial charge in [-0.25, -0.2) is 0 Å². The Kier molecular flexibility index (Phi) is 14.1. The number of hydrogen-bond acceptors (Lipinski definition) is 14. The molecule has 0 radical (unpaired) electrons. The van der Waals surface area contributed by atoms with Crippen molar-refractivity contribution in [2.24, 2.45) is 29.6 Å². The second-order valence-electron chi connectivity index (χ2n) is 15.9. The number of rotatable bonds is 7. The molecule has 4 aliphatic rings. The second kappa shape index (κ2) is 17.2. The molecule has 0 saturated carbocycles. The van der Waals surface area contributed by atoms with Crippen molar-refractivity contribution in [2.75, 3.05) is 27.8 Å². The van der Waals surface area contributed by atoms with Gasteiger partial charge in [0.05, 0.1) is 49.0 Å². The molecule has 0 aromatic heterocycles. The van der Waals surface area contributed by atoms with Crippen molar-refractivity contribution in [1.29, 1.82) is 0 Å². The number of ether oxygens (including phenoxy) is 8. The predicted molar refractivity (Wildman–Crippen MR) is 183 cm³/mol. The van der Waals surface area contributed by atoms with Gasteiger partial charge < -0.3 is 53.0 Å². The van der Waals surface area contributed by atoms with Crippen molar-refractivity contribution in [3.05, 3.63) is 0 Å². The van der Waals surface area contributed by atoms with E-state index in [4.69, 9.17) is 37.9 Å². The number of nitrogens with zero attached hydrogens (tertiary/aromatic N) is 1. The maximum Gasteiger partial charge on any atom is 0.311 e. The van der Waals surface area contributed by atoms with Crippen molar-refractivity contribution in [3.8, 4) is 0 Å². The number of aliphatic hydroxyl groups excluding tert-OH is 2. The highest BCUT2D eigenvalue weighted by molar-refractivity contribution is 5.92. The smallest absolute Gasteiger partial charge is 0.311 e. The van der Waals surface area contributed by atoms with Crippen LogP contribution in [0.3, 0.4) is 0 Å². The zero-order chi connectivity index (χ0) is 38.1. The van der Waals surface area contributed by atoms with Crippen LogP contribution < -0.4 is 0 Å². The Morgan fingerprint density at radius 1 is 0.843 bits per heavy atom. The predicted octanol–water partition coefficient (Wildman–Crippen LogP) is 2.48. The lowest BCUT2D eigenvalue weighted by molar-refractivity contribution is -0.299. The summed E-state index contributed by atoms with van der Waals surface area (Å²) in [6.45, 7) is 15.9. The van der Waals surface area contributed by atoms with Gasteiger partial charge in [0.2, 0.25) is 0 Å². The summed E-state index contributed by atoms with van der Waals surface area (Å²) in [6, 6.07) is -0.236. The summed E-state index contributed by atoms with van der Waals surface area (Å²) >= 11 is 0. The molecule has 2 N–H and O–H groups in total. The Morgan fingerprint density at radius 2 is 1.49 bits per heavy atom. The molecule has 4 heterocycles. The van der Waals surface area contributed by atoms with Gasteiger partial charge in [0.25, 0.3) is 0 Å². The van der Waals surface area contributed by atoms with Crippen LogP contribution >= 0.6 is 0 Å². The van der Waals surface area contributed by atoms with Crippen LogP contribution in [0.5, 0.6) is 0 Å². The molecule has 4 rings (SSSR count). The molecule has 0 aromatic carbocycles.